The molecule has 0 aliphatic rings. The Bertz CT molecular complexity index is 581. The minimum atomic E-state index is 0.787. The van der Waals surface area contributed by atoms with Crippen molar-refractivity contribution in [2.24, 2.45) is 0 Å². The van der Waals surface area contributed by atoms with Crippen LogP contribution in [0.3, 0.4) is 0 Å². The molecule has 2 nitrogen and oxygen atoms in total. The summed E-state index contributed by atoms with van der Waals surface area (Å²) >= 11 is 6.05. The van der Waals surface area contributed by atoms with Crippen LogP contribution in [0.4, 0.5) is 5.69 Å². The lowest BCUT2D eigenvalue weighted by Crippen LogP contribution is -2.19. The molecular weight excluding hydrogens is 268 g/mol. The molecule has 0 fully saturated rings. The number of aryl methyl sites for hydroxylation is 1. The summed E-state index contributed by atoms with van der Waals surface area (Å²) in [5.74, 6) is 0. The molecule has 3 heteroatoms. The molecule has 0 heterocycles. The lowest BCUT2D eigenvalue weighted by molar-refractivity contribution is 0.804. The third-order valence-corrected chi connectivity index (χ3v) is 3.56. The summed E-state index contributed by atoms with van der Waals surface area (Å²) in [6.45, 7) is 3.84. The fourth-order valence-corrected chi connectivity index (χ4v) is 2.63. The van der Waals surface area contributed by atoms with E-state index < -0.39 is 0 Å². The van der Waals surface area contributed by atoms with Crippen molar-refractivity contribution in [2.75, 3.05) is 19.0 Å². The van der Waals surface area contributed by atoms with E-state index in [1.165, 1.54) is 22.4 Å². The summed E-state index contributed by atoms with van der Waals surface area (Å²) in [6.07, 6.45) is 0. The second-order valence-electron chi connectivity index (χ2n) is 5.15. The Morgan fingerprint density at radius 1 is 1.15 bits per heavy atom. The topological polar surface area (TPSA) is 15.3 Å². The molecule has 0 bridgehead atoms. The van der Waals surface area contributed by atoms with Gasteiger partial charge in [-0.05, 0) is 43.3 Å². The fraction of sp³-hybridized carbons (Fsp3) is 0.294. The molecule has 0 radical (unpaired) electrons. The second-order valence-corrected chi connectivity index (χ2v) is 5.58. The first-order valence-electron chi connectivity index (χ1n) is 6.80. The van der Waals surface area contributed by atoms with E-state index in [0.29, 0.717) is 0 Å². The summed E-state index contributed by atoms with van der Waals surface area (Å²) in [7, 11) is 4.09. The van der Waals surface area contributed by atoms with Gasteiger partial charge >= 0.3 is 0 Å². The SMILES string of the molecule is CNCc1cc(C)ccc1N(C)Cc1cccc(Cl)c1. The Morgan fingerprint density at radius 3 is 2.65 bits per heavy atom. The highest BCUT2D eigenvalue weighted by Crippen LogP contribution is 2.23. The predicted octanol–water partition coefficient (Wildman–Crippen LogP) is 4.00. The molecule has 2 aromatic rings. The van der Waals surface area contributed by atoms with Gasteiger partial charge in [0.15, 0.2) is 0 Å². The number of nitrogens with one attached hydrogen (secondary N) is 1. The highest BCUT2D eigenvalue weighted by atomic mass is 35.5. The molecule has 2 aromatic carbocycles. The van der Waals surface area contributed by atoms with Crippen LogP contribution in [0.1, 0.15) is 16.7 Å². The Morgan fingerprint density at radius 2 is 1.95 bits per heavy atom. The first kappa shape index (κ1) is 14.9. The number of hydrogen-bond acceptors (Lipinski definition) is 2. The Labute approximate surface area is 126 Å². The van der Waals surface area contributed by atoms with E-state index in [1.807, 2.05) is 25.2 Å². The van der Waals surface area contributed by atoms with Gasteiger partial charge < -0.3 is 10.2 Å². The zero-order chi connectivity index (χ0) is 14.5. The van der Waals surface area contributed by atoms with Crippen LogP contribution in [-0.4, -0.2) is 14.1 Å². The minimum Gasteiger partial charge on any atom is -0.370 e. The minimum absolute atomic E-state index is 0.787. The summed E-state index contributed by atoms with van der Waals surface area (Å²) in [4.78, 5) is 2.26. The molecule has 2 rings (SSSR count). The van der Waals surface area contributed by atoms with Gasteiger partial charge in [-0.25, -0.2) is 0 Å². The van der Waals surface area contributed by atoms with Crippen molar-refractivity contribution in [1.29, 1.82) is 0 Å². The van der Waals surface area contributed by atoms with Crippen molar-refractivity contribution in [1.82, 2.24) is 5.32 Å². The van der Waals surface area contributed by atoms with Crippen LogP contribution >= 0.6 is 11.6 Å². The first-order chi connectivity index (χ1) is 9.60. The van der Waals surface area contributed by atoms with E-state index in [0.717, 1.165) is 18.1 Å². The van der Waals surface area contributed by atoms with Crippen molar-refractivity contribution in [3.63, 3.8) is 0 Å². The molecule has 0 aromatic heterocycles. The van der Waals surface area contributed by atoms with Crippen molar-refractivity contribution < 1.29 is 0 Å². The molecule has 106 valence electrons. The number of anilines is 1. The summed E-state index contributed by atoms with van der Waals surface area (Å²) < 4.78 is 0. The molecule has 0 aliphatic heterocycles. The van der Waals surface area contributed by atoms with Crippen LogP contribution in [0, 0.1) is 6.92 Å². The lowest BCUT2D eigenvalue weighted by Gasteiger charge is -2.23. The van der Waals surface area contributed by atoms with Crippen LogP contribution in [0.5, 0.6) is 0 Å². The molecule has 1 N–H and O–H groups in total. The number of hydrogen-bond donors (Lipinski definition) is 1. The van der Waals surface area contributed by atoms with Crippen LogP contribution in [0.25, 0.3) is 0 Å². The van der Waals surface area contributed by atoms with Crippen molar-refractivity contribution >= 4 is 17.3 Å². The van der Waals surface area contributed by atoms with Crippen LogP contribution in [0.15, 0.2) is 42.5 Å². The van der Waals surface area contributed by atoms with Crippen molar-refractivity contribution in [3.8, 4) is 0 Å². The normalized spacial score (nSPS) is 10.6. The molecule has 0 saturated carbocycles. The highest BCUT2D eigenvalue weighted by molar-refractivity contribution is 6.30. The van der Waals surface area contributed by atoms with Gasteiger partial charge in [0.05, 0.1) is 0 Å². The van der Waals surface area contributed by atoms with E-state index in [-0.39, 0.29) is 0 Å². The largest absolute Gasteiger partial charge is 0.370 e. The first-order valence-corrected chi connectivity index (χ1v) is 7.17. The average Bonchev–Trinajstić information content (AvgIpc) is 2.39. The quantitative estimate of drug-likeness (QED) is 0.894. The molecule has 0 saturated heterocycles. The van der Waals surface area contributed by atoms with Gasteiger partial charge in [-0.1, -0.05) is 41.4 Å². The van der Waals surface area contributed by atoms with E-state index in [4.69, 9.17) is 11.6 Å². The van der Waals surface area contributed by atoms with Crippen molar-refractivity contribution in [3.05, 3.63) is 64.2 Å². The molecule has 20 heavy (non-hydrogen) atoms. The number of rotatable bonds is 5. The van der Waals surface area contributed by atoms with E-state index in [9.17, 15) is 0 Å². The van der Waals surface area contributed by atoms with E-state index in [2.05, 4.69) is 48.5 Å². The Balaban J connectivity index is 2.22. The van der Waals surface area contributed by atoms with Gasteiger partial charge in [0.2, 0.25) is 0 Å². The lowest BCUT2D eigenvalue weighted by atomic mass is 10.1. The molecule has 0 aliphatic carbocycles. The zero-order valence-electron chi connectivity index (χ0n) is 12.3. The van der Waals surface area contributed by atoms with Gasteiger partial charge in [-0.15, -0.1) is 0 Å². The average molecular weight is 289 g/mol. The maximum absolute atomic E-state index is 6.05. The van der Waals surface area contributed by atoms with Crippen LogP contribution in [0.2, 0.25) is 5.02 Å². The molecule has 0 atom stereocenters. The maximum atomic E-state index is 6.05. The number of halogens is 1. The maximum Gasteiger partial charge on any atom is 0.0426 e. The standard InChI is InChI=1S/C17H21ClN2/c1-13-7-8-17(15(9-13)11-19-2)20(3)12-14-5-4-6-16(18)10-14/h4-10,19H,11-12H2,1-3H3. The second kappa shape index (κ2) is 6.78. The van der Waals surface area contributed by atoms with Crippen molar-refractivity contribution in [2.45, 2.75) is 20.0 Å². The molecular formula is C17H21ClN2. The third kappa shape index (κ3) is 3.75. The Kier molecular flexibility index (Phi) is 5.05. The van der Waals surface area contributed by atoms with Crippen LogP contribution < -0.4 is 10.2 Å². The van der Waals surface area contributed by atoms with Crippen LogP contribution in [-0.2, 0) is 13.1 Å². The number of nitrogens with zero attached hydrogens (tertiary/aromatic N) is 1. The van der Waals surface area contributed by atoms with Gasteiger partial charge in [-0.3, -0.25) is 0 Å². The highest BCUT2D eigenvalue weighted by Gasteiger charge is 2.08. The third-order valence-electron chi connectivity index (χ3n) is 3.32. The van der Waals surface area contributed by atoms with Gasteiger partial charge in [0.25, 0.3) is 0 Å². The summed E-state index contributed by atoms with van der Waals surface area (Å²) in [6, 6.07) is 14.6. The summed E-state index contributed by atoms with van der Waals surface area (Å²) in [5, 5.41) is 4.02. The molecule has 0 unspecified atom stereocenters. The zero-order valence-corrected chi connectivity index (χ0v) is 13.0. The molecule has 0 amide bonds. The van der Waals surface area contributed by atoms with Gasteiger partial charge in [0, 0.05) is 30.8 Å². The molecule has 0 spiro atoms. The fourth-order valence-electron chi connectivity index (χ4n) is 2.41. The predicted molar refractivity (Wildman–Crippen MR) is 87.5 cm³/mol. The number of benzene rings is 2. The summed E-state index contributed by atoms with van der Waals surface area (Å²) in [5.41, 5.74) is 5.08. The van der Waals surface area contributed by atoms with Gasteiger partial charge in [0.1, 0.15) is 0 Å². The van der Waals surface area contributed by atoms with E-state index >= 15 is 0 Å². The van der Waals surface area contributed by atoms with Gasteiger partial charge in [-0.2, -0.15) is 0 Å². The Hall–Kier alpha value is -1.51. The monoisotopic (exact) mass is 288 g/mol. The smallest absolute Gasteiger partial charge is 0.0426 e. The van der Waals surface area contributed by atoms with E-state index in [1.54, 1.807) is 0 Å².